The molecule has 49 heavy (non-hydrogen) atoms. The van der Waals surface area contributed by atoms with Crippen LogP contribution >= 0.6 is 0 Å². The minimum absolute atomic E-state index is 0.00753. The second kappa shape index (κ2) is 19.1. The lowest BCUT2D eigenvalue weighted by atomic mass is 9.83. The van der Waals surface area contributed by atoms with Gasteiger partial charge in [-0.3, -0.25) is 19.2 Å². The van der Waals surface area contributed by atoms with Crippen LogP contribution in [0, 0.1) is 29.6 Å². The third-order valence-electron chi connectivity index (χ3n) is 10.8. The number of aliphatic hydroxyl groups excluding tert-OH is 1. The molecule has 0 radical (unpaired) electrons. The fraction of sp³-hybridized carbons (Fsp3) is 0.744. The number of likely N-dealkylation sites (N-methyl/N-ethyl adjacent to an activating group) is 1. The number of hydrogen-bond acceptors (Lipinski definition) is 8. The van der Waals surface area contributed by atoms with Crippen LogP contribution in [0.25, 0.3) is 0 Å². The highest BCUT2D eigenvalue weighted by Crippen LogP contribution is 2.32. The lowest BCUT2D eigenvalue weighted by molar-refractivity contribution is -0.149. The van der Waals surface area contributed by atoms with Gasteiger partial charge in [0, 0.05) is 52.5 Å². The average Bonchev–Trinajstić information content (AvgIpc) is 3.55. The predicted molar refractivity (Wildman–Crippen MR) is 193 cm³/mol. The van der Waals surface area contributed by atoms with E-state index in [1.807, 2.05) is 76.8 Å². The Morgan fingerprint density at radius 1 is 0.980 bits per heavy atom. The topological polar surface area (TPSA) is 139 Å². The van der Waals surface area contributed by atoms with E-state index >= 15 is 0 Å². The number of benzene rings is 1. The molecule has 0 aliphatic carbocycles. The number of ether oxygens (including phenoxy) is 2. The number of hydrogen-bond donors (Lipinski definition) is 2. The fourth-order valence-corrected chi connectivity index (χ4v) is 7.27. The minimum atomic E-state index is -1.04. The third kappa shape index (κ3) is 11.2. The van der Waals surface area contributed by atoms with Gasteiger partial charge in [0.25, 0.3) is 0 Å². The molecule has 10 heteroatoms. The summed E-state index contributed by atoms with van der Waals surface area (Å²) in [6.07, 6.45) is 0.672. The summed E-state index contributed by atoms with van der Waals surface area (Å²) in [4.78, 5) is 58.0. The van der Waals surface area contributed by atoms with E-state index in [0.717, 1.165) is 18.4 Å². The van der Waals surface area contributed by atoms with Crippen molar-refractivity contribution in [3.63, 3.8) is 0 Å². The number of ketones is 2. The molecular weight excluding hydrogens is 622 g/mol. The Labute approximate surface area is 295 Å². The van der Waals surface area contributed by atoms with Gasteiger partial charge in [-0.05, 0) is 50.0 Å². The number of likely N-dealkylation sites (tertiary alicyclic amines) is 1. The molecule has 1 saturated heterocycles. The van der Waals surface area contributed by atoms with E-state index < -0.39 is 41.7 Å². The van der Waals surface area contributed by atoms with Crippen molar-refractivity contribution in [2.45, 2.75) is 130 Å². The third-order valence-corrected chi connectivity index (χ3v) is 10.8. The van der Waals surface area contributed by atoms with Crippen molar-refractivity contribution in [2.24, 2.45) is 35.3 Å². The molecule has 3 N–H and O–H groups in total. The summed E-state index contributed by atoms with van der Waals surface area (Å²) >= 11 is 0. The van der Waals surface area contributed by atoms with E-state index in [-0.39, 0.29) is 66.4 Å². The molecule has 1 aliphatic heterocycles. The number of methoxy groups -OCH3 is 2. The number of amides is 2. The summed E-state index contributed by atoms with van der Waals surface area (Å²) in [6, 6.07) is 8.63. The zero-order valence-corrected chi connectivity index (χ0v) is 32.0. The maximum Gasteiger partial charge on any atom is 0.226 e. The Bertz CT molecular complexity index is 1220. The summed E-state index contributed by atoms with van der Waals surface area (Å²) in [6.45, 7) is 15.5. The van der Waals surface area contributed by atoms with Crippen LogP contribution in [-0.4, -0.2) is 95.9 Å². The van der Waals surface area contributed by atoms with Gasteiger partial charge in [-0.15, -0.1) is 0 Å². The number of aliphatic hydroxyl groups is 1. The largest absolute Gasteiger partial charge is 0.388 e. The van der Waals surface area contributed by atoms with Crippen molar-refractivity contribution >= 4 is 23.4 Å². The van der Waals surface area contributed by atoms with Gasteiger partial charge < -0.3 is 30.1 Å². The molecular formula is C39H65N3O7. The molecule has 2 amide bonds. The number of nitrogens with zero attached hydrogens (tertiary/aromatic N) is 2. The van der Waals surface area contributed by atoms with Crippen LogP contribution < -0.4 is 5.73 Å². The first-order chi connectivity index (χ1) is 22.9. The highest BCUT2D eigenvalue weighted by atomic mass is 16.5. The molecule has 1 fully saturated rings. The van der Waals surface area contributed by atoms with Gasteiger partial charge in [0.1, 0.15) is 5.78 Å². The van der Waals surface area contributed by atoms with E-state index in [4.69, 9.17) is 15.2 Å². The van der Waals surface area contributed by atoms with Crippen molar-refractivity contribution in [3.05, 3.63) is 35.9 Å². The SMILES string of the molecule is CC[C@H](C)[C@@H]([C@@H](CC(=O)N1CCC[C@H]1[C@H](OC)[C@@H](C)C(=O)C[C@H](C)[C@@H](O)c1ccccc1)OC)N(C)C(=O)[C@@H](CC(=O)C(C)(C)N)C(C)C. The maximum absolute atomic E-state index is 14.1. The lowest BCUT2D eigenvalue weighted by Crippen LogP contribution is -2.54. The van der Waals surface area contributed by atoms with Gasteiger partial charge in [-0.25, -0.2) is 0 Å². The van der Waals surface area contributed by atoms with Gasteiger partial charge in [-0.2, -0.15) is 0 Å². The predicted octanol–water partition coefficient (Wildman–Crippen LogP) is 5.20. The summed E-state index contributed by atoms with van der Waals surface area (Å²) in [5.41, 5.74) is 5.81. The van der Waals surface area contributed by atoms with E-state index in [1.54, 1.807) is 40.0 Å². The van der Waals surface area contributed by atoms with Crippen molar-refractivity contribution in [1.82, 2.24) is 9.80 Å². The van der Waals surface area contributed by atoms with Crippen LogP contribution in [-0.2, 0) is 28.7 Å². The number of rotatable bonds is 20. The molecule has 0 saturated carbocycles. The molecule has 9 atom stereocenters. The summed E-state index contributed by atoms with van der Waals surface area (Å²) < 4.78 is 11.9. The molecule has 0 spiro atoms. The van der Waals surface area contributed by atoms with Crippen LogP contribution in [0.3, 0.4) is 0 Å². The quantitative estimate of drug-likeness (QED) is 0.191. The molecule has 1 aromatic carbocycles. The van der Waals surface area contributed by atoms with Crippen LogP contribution in [0.1, 0.15) is 106 Å². The van der Waals surface area contributed by atoms with Gasteiger partial charge in [0.15, 0.2) is 5.78 Å². The zero-order chi connectivity index (χ0) is 37.2. The Balaban J connectivity index is 2.23. The number of nitrogens with two attached hydrogens (primary N) is 1. The van der Waals surface area contributed by atoms with Gasteiger partial charge in [0.05, 0.1) is 42.4 Å². The minimum Gasteiger partial charge on any atom is -0.388 e. The van der Waals surface area contributed by atoms with Crippen LogP contribution in [0.2, 0.25) is 0 Å². The van der Waals surface area contributed by atoms with Crippen molar-refractivity contribution in [3.8, 4) is 0 Å². The van der Waals surface area contributed by atoms with Crippen LogP contribution in [0.4, 0.5) is 0 Å². The van der Waals surface area contributed by atoms with E-state index in [0.29, 0.717) is 13.0 Å². The van der Waals surface area contributed by atoms with E-state index in [9.17, 15) is 24.3 Å². The molecule has 0 aromatic heterocycles. The highest BCUT2D eigenvalue weighted by molar-refractivity contribution is 5.92. The second-order valence-corrected chi connectivity index (χ2v) is 15.3. The molecule has 0 unspecified atom stereocenters. The van der Waals surface area contributed by atoms with E-state index in [1.165, 1.54) is 0 Å². The Morgan fingerprint density at radius 3 is 2.10 bits per heavy atom. The normalized spacial score (nSPS) is 20.2. The Hall–Kier alpha value is -2.66. The van der Waals surface area contributed by atoms with Gasteiger partial charge in [-0.1, -0.05) is 78.3 Å². The highest BCUT2D eigenvalue weighted by Gasteiger charge is 2.43. The van der Waals surface area contributed by atoms with Gasteiger partial charge >= 0.3 is 0 Å². The molecule has 1 heterocycles. The first-order valence-corrected chi connectivity index (χ1v) is 18.1. The summed E-state index contributed by atoms with van der Waals surface area (Å²) in [7, 11) is 4.89. The lowest BCUT2D eigenvalue weighted by Gasteiger charge is -2.41. The Morgan fingerprint density at radius 2 is 1.59 bits per heavy atom. The number of carbonyl (C=O) groups is 4. The standard InChI is InChI=1S/C39H65N3O7/c1-12-25(4)35(41(9)38(47)29(24(2)3)22-33(44)39(7,8)40)32(48-10)23-34(45)42-20-16-19-30(42)37(49-11)27(6)31(43)21-26(5)36(46)28-17-14-13-15-18-28/h13-15,17-18,24-27,29-30,32,35-37,46H,12,16,19-23,40H2,1-11H3/t25-,26-,27-,29-,30-,32+,35-,36+,37+/m0/s1. The smallest absolute Gasteiger partial charge is 0.226 e. The van der Waals surface area contributed by atoms with Crippen molar-refractivity contribution in [2.75, 3.05) is 27.8 Å². The molecule has 1 aliphatic rings. The first-order valence-electron chi connectivity index (χ1n) is 18.1. The van der Waals surface area contributed by atoms with Crippen LogP contribution in [0.5, 0.6) is 0 Å². The van der Waals surface area contributed by atoms with Crippen molar-refractivity contribution < 1.29 is 33.8 Å². The zero-order valence-electron chi connectivity index (χ0n) is 32.0. The van der Waals surface area contributed by atoms with Gasteiger partial charge in [0.2, 0.25) is 11.8 Å². The molecule has 10 nitrogen and oxygen atoms in total. The maximum atomic E-state index is 14.1. The average molecular weight is 688 g/mol. The molecule has 278 valence electrons. The molecule has 1 aromatic rings. The van der Waals surface area contributed by atoms with Crippen LogP contribution in [0.15, 0.2) is 30.3 Å². The number of carbonyl (C=O) groups excluding carboxylic acids is 4. The molecule has 0 bridgehead atoms. The monoisotopic (exact) mass is 687 g/mol. The summed E-state index contributed by atoms with van der Waals surface area (Å²) in [5.74, 6) is -1.88. The molecule has 2 rings (SSSR count). The number of Topliss-reactive ketones (excluding diaryl/α,β-unsaturated/α-hetero) is 2. The second-order valence-electron chi connectivity index (χ2n) is 15.3. The van der Waals surface area contributed by atoms with Crippen molar-refractivity contribution in [1.29, 1.82) is 0 Å². The van der Waals surface area contributed by atoms with E-state index in [2.05, 4.69) is 0 Å². The summed E-state index contributed by atoms with van der Waals surface area (Å²) in [5, 5.41) is 10.9. The fourth-order valence-electron chi connectivity index (χ4n) is 7.27. The Kier molecular flexibility index (Phi) is 16.6. The first kappa shape index (κ1) is 42.5.